The van der Waals surface area contributed by atoms with Crippen LogP contribution >= 0.6 is 0 Å². The molecule has 4 heteroatoms. The zero-order valence-electron chi connectivity index (χ0n) is 9.38. The molecule has 1 aliphatic rings. The number of hydrogen-bond donors (Lipinski definition) is 2. The van der Waals surface area contributed by atoms with Crippen LogP contribution < -0.4 is 10.6 Å². The first-order valence-corrected chi connectivity index (χ1v) is 5.42. The van der Waals surface area contributed by atoms with Gasteiger partial charge in [-0.25, -0.2) is 0 Å². The number of piperidine rings is 1. The lowest BCUT2D eigenvalue weighted by Gasteiger charge is -2.23. The molecular weight excluding hydrogens is 204 g/mol. The molecule has 16 heavy (non-hydrogen) atoms. The van der Waals surface area contributed by atoms with Gasteiger partial charge in [-0.2, -0.15) is 0 Å². The third kappa shape index (κ3) is 2.52. The molecule has 86 valence electrons. The van der Waals surface area contributed by atoms with Crippen molar-refractivity contribution >= 4 is 5.91 Å². The van der Waals surface area contributed by atoms with E-state index in [4.69, 9.17) is 4.42 Å². The Labute approximate surface area is 94.7 Å². The monoisotopic (exact) mass is 220 g/mol. The molecule has 0 aliphatic carbocycles. The molecule has 2 heterocycles. The maximum atomic E-state index is 11.6. The van der Waals surface area contributed by atoms with Crippen molar-refractivity contribution in [2.45, 2.75) is 32.4 Å². The number of nitrogens with one attached hydrogen (secondary N) is 2. The molecular formula is C12H16N2O2. The highest BCUT2D eigenvalue weighted by molar-refractivity contribution is 5.84. The van der Waals surface area contributed by atoms with E-state index in [-0.39, 0.29) is 11.9 Å². The highest BCUT2D eigenvalue weighted by Gasteiger charge is 2.23. The van der Waals surface area contributed by atoms with Crippen molar-refractivity contribution in [3.8, 4) is 0 Å². The van der Waals surface area contributed by atoms with Gasteiger partial charge in [0.1, 0.15) is 11.5 Å². The van der Waals surface area contributed by atoms with Gasteiger partial charge in [0, 0.05) is 5.70 Å². The zero-order chi connectivity index (χ0) is 11.5. The lowest BCUT2D eigenvalue weighted by molar-refractivity contribution is -0.123. The molecule has 1 atom stereocenters. The molecule has 1 amide bonds. The molecule has 0 radical (unpaired) electrons. The molecule has 2 N–H and O–H groups in total. The quantitative estimate of drug-likeness (QED) is 0.811. The fourth-order valence-electron chi connectivity index (χ4n) is 1.77. The molecule has 1 aromatic rings. The smallest absolute Gasteiger partial charge is 0.241 e. The number of aryl methyl sites for hydroxylation is 1. The van der Waals surface area contributed by atoms with Gasteiger partial charge >= 0.3 is 0 Å². The Morgan fingerprint density at radius 2 is 2.44 bits per heavy atom. The van der Waals surface area contributed by atoms with Crippen molar-refractivity contribution in [1.82, 2.24) is 10.6 Å². The first kappa shape index (κ1) is 11.0. The van der Waals surface area contributed by atoms with E-state index in [0.29, 0.717) is 6.54 Å². The normalized spacial score (nSPS) is 20.9. The summed E-state index contributed by atoms with van der Waals surface area (Å²) < 4.78 is 5.42. The maximum Gasteiger partial charge on any atom is 0.241 e. The summed E-state index contributed by atoms with van der Waals surface area (Å²) in [6.07, 6.45) is 1.63. The molecule has 0 bridgehead atoms. The molecule has 1 aliphatic heterocycles. The van der Waals surface area contributed by atoms with Crippen molar-refractivity contribution in [3.63, 3.8) is 0 Å². The van der Waals surface area contributed by atoms with E-state index in [2.05, 4.69) is 17.2 Å². The van der Waals surface area contributed by atoms with Gasteiger partial charge < -0.3 is 9.73 Å². The fourth-order valence-corrected chi connectivity index (χ4v) is 1.77. The van der Waals surface area contributed by atoms with Crippen molar-refractivity contribution in [1.29, 1.82) is 0 Å². The van der Waals surface area contributed by atoms with Gasteiger partial charge in [0.25, 0.3) is 0 Å². The van der Waals surface area contributed by atoms with E-state index in [9.17, 15) is 4.79 Å². The van der Waals surface area contributed by atoms with E-state index < -0.39 is 0 Å². The van der Waals surface area contributed by atoms with E-state index in [1.54, 1.807) is 0 Å². The molecule has 0 spiro atoms. The summed E-state index contributed by atoms with van der Waals surface area (Å²) in [4.78, 5) is 11.6. The molecule has 2 rings (SSSR count). The molecule has 1 saturated heterocycles. The minimum absolute atomic E-state index is 0.000437. The Morgan fingerprint density at radius 1 is 1.62 bits per heavy atom. The van der Waals surface area contributed by atoms with Crippen LogP contribution in [0.5, 0.6) is 0 Å². The third-order valence-corrected chi connectivity index (χ3v) is 2.67. The van der Waals surface area contributed by atoms with Crippen LogP contribution in [-0.2, 0) is 11.3 Å². The van der Waals surface area contributed by atoms with Gasteiger partial charge in [0.15, 0.2) is 0 Å². The van der Waals surface area contributed by atoms with Crippen LogP contribution in [0.1, 0.15) is 24.4 Å². The van der Waals surface area contributed by atoms with Crippen LogP contribution in [0.25, 0.3) is 0 Å². The molecule has 0 saturated carbocycles. The number of hydrogen-bond acceptors (Lipinski definition) is 3. The third-order valence-electron chi connectivity index (χ3n) is 2.67. The van der Waals surface area contributed by atoms with E-state index in [1.807, 2.05) is 19.1 Å². The summed E-state index contributed by atoms with van der Waals surface area (Å²) in [5.41, 5.74) is 0.803. The predicted molar refractivity (Wildman–Crippen MR) is 60.6 cm³/mol. The van der Waals surface area contributed by atoms with Crippen LogP contribution in [0.4, 0.5) is 0 Å². The number of furan rings is 1. The maximum absolute atomic E-state index is 11.6. The van der Waals surface area contributed by atoms with Crippen molar-refractivity contribution in [2.24, 2.45) is 0 Å². The van der Waals surface area contributed by atoms with Gasteiger partial charge in [0.2, 0.25) is 5.91 Å². The number of carbonyl (C=O) groups excluding carboxylic acids is 1. The fraction of sp³-hybridized carbons (Fsp3) is 0.417. The summed E-state index contributed by atoms with van der Waals surface area (Å²) in [5.74, 6) is 1.74. The predicted octanol–water partition coefficient (Wildman–Crippen LogP) is 1.47. The second-order valence-corrected chi connectivity index (χ2v) is 4.08. The van der Waals surface area contributed by atoms with Gasteiger partial charge in [-0.15, -0.1) is 0 Å². The number of allylic oxidation sites excluding steroid dienone is 1. The van der Waals surface area contributed by atoms with Gasteiger partial charge in [-0.05, 0) is 31.9 Å². The minimum atomic E-state index is -0.143. The Kier molecular flexibility index (Phi) is 3.10. The van der Waals surface area contributed by atoms with Gasteiger partial charge in [-0.1, -0.05) is 6.58 Å². The Bertz CT molecular complexity index is 409. The average molecular weight is 220 g/mol. The van der Waals surface area contributed by atoms with Crippen molar-refractivity contribution < 1.29 is 9.21 Å². The standard InChI is InChI=1S/C12H16N2O2/c1-8-3-6-11(12(15)14-8)13-7-10-5-4-9(2)16-10/h4-5,11,13H,1,3,6-7H2,2H3,(H,14,15). The van der Waals surface area contributed by atoms with E-state index in [0.717, 1.165) is 30.1 Å². The van der Waals surface area contributed by atoms with Crippen LogP contribution in [0.15, 0.2) is 28.8 Å². The first-order valence-electron chi connectivity index (χ1n) is 5.42. The lowest BCUT2D eigenvalue weighted by Crippen LogP contribution is -2.46. The first-order chi connectivity index (χ1) is 7.65. The van der Waals surface area contributed by atoms with Gasteiger partial charge in [0.05, 0.1) is 12.6 Å². The summed E-state index contributed by atoms with van der Waals surface area (Å²) in [5, 5.41) is 5.92. The minimum Gasteiger partial charge on any atom is -0.465 e. The SMILES string of the molecule is C=C1CCC(NCc2ccc(C)o2)C(=O)N1. The molecule has 4 nitrogen and oxygen atoms in total. The van der Waals surface area contributed by atoms with E-state index >= 15 is 0 Å². The topological polar surface area (TPSA) is 54.3 Å². The van der Waals surface area contributed by atoms with E-state index in [1.165, 1.54) is 0 Å². The highest BCUT2D eigenvalue weighted by Crippen LogP contribution is 2.12. The number of rotatable bonds is 3. The molecule has 1 unspecified atom stereocenters. The number of carbonyl (C=O) groups is 1. The van der Waals surface area contributed by atoms with Gasteiger partial charge in [-0.3, -0.25) is 10.1 Å². The summed E-state index contributed by atoms with van der Waals surface area (Å²) in [6.45, 7) is 6.23. The summed E-state index contributed by atoms with van der Waals surface area (Å²) >= 11 is 0. The second-order valence-electron chi connectivity index (χ2n) is 4.08. The Morgan fingerprint density at radius 3 is 3.06 bits per heavy atom. The molecule has 1 aromatic heterocycles. The number of amides is 1. The summed E-state index contributed by atoms with van der Waals surface area (Å²) in [7, 11) is 0. The second kappa shape index (κ2) is 4.53. The zero-order valence-corrected chi connectivity index (χ0v) is 9.38. The summed E-state index contributed by atoms with van der Waals surface area (Å²) in [6, 6.07) is 3.69. The Balaban J connectivity index is 1.86. The van der Waals surface area contributed by atoms with Crippen LogP contribution in [-0.4, -0.2) is 11.9 Å². The lowest BCUT2D eigenvalue weighted by atomic mass is 10.0. The largest absolute Gasteiger partial charge is 0.465 e. The van der Waals surface area contributed by atoms with Crippen LogP contribution in [0.3, 0.4) is 0 Å². The van der Waals surface area contributed by atoms with Crippen molar-refractivity contribution in [3.05, 3.63) is 35.9 Å². The molecule has 0 aromatic carbocycles. The molecule has 1 fully saturated rings. The van der Waals surface area contributed by atoms with Crippen molar-refractivity contribution in [2.75, 3.05) is 0 Å². The Hall–Kier alpha value is -1.55. The average Bonchev–Trinajstić information content (AvgIpc) is 2.63. The highest BCUT2D eigenvalue weighted by atomic mass is 16.3. The van der Waals surface area contributed by atoms with Crippen LogP contribution in [0, 0.1) is 6.92 Å². The van der Waals surface area contributed by atoms with Crippen LogP contribution in [0.2, 0.25) is 0 Å².